The average Bonchev–Trinajstić information content (AvgIpc) is 2.47. The molecule has 1 aromatic carbocycles. The summed E-state index contributed by atoms with van der Waals surface area (Å²) in [6, 6.07) is 5.09. The van der Waals surface area contributed by atoms with Gasteiger partial charge in [0.05, 0.1) is 6.10 Å². The first-order chi connectivity index (χ1) is 10.5. The third kappa shape index (κ3) is 4.55. The van der Waals surface area contributed by atoms with Gasteiger partial charge in [-0.2, -0.15) is 0 Å². The molecule has 1 aliphatic rings. The first-order valence-electron chi connectivity index (χ1n) is 8.06. The molecule has 1 heterocycles. The van der Waals surface area contributed by atoms with Gasteiger partial charge >= 0.3 is 0 Å². The fraction of sp³-hybridized carbons (Fsp3) is 0.556. The Bertz CT molecular complexity index is 518. The molecule has 1 atom stereocenters. The summed E-state index contributed by atoms with van der Waals surface area (Å²) in [5, 5.41) is 13.1. The topological polar surface area (TPSA) is 35.5 Å². The molecule has 1 aromatic rings. The van der Waals surface area contributed by atoms with Crippen LogP contribution in [0.4, 0.5) is 10.1 Å². The average molecular weight is 306 g/mol. The normalized spacial score (nSPS) is 17.4. The molecular formula is C18H27FN2O. The Kier molecular flexibility index (Phi) is 5.98. The van der Waals surface area contributed by atoms with Gasteiger partial charge in [-0.1, -0.05) is 11.6 Å². The molecule has 0 aliphatic carbocycles. The number of aliphatic hydroxyl groups is 1. The summed E-state index contributed by atoms with van der Waals surface area (Å²) in [4.78, 5) is 2.25. The molecule has 0 aromatic heterocycles. The third-order valence-electron chi connectivity index (χ3n) is 4.20. The van der Waals surface area contributed by atoms with Gasteiger partial charge in [0, 0.05) is 31.4 Å². The Morgan fingerprint density at radius 2 is 2.09 bits per heavy atom. The first-order valence-corrected chi connectivity index (χ1v) is 8.06. The summed E-state index contributed by atoms with van der Waals surface area (Å²) >= 11 is 0. The number of piperidine rings is 1. The van der Waals surface area contributed by atoms with Gasteiger partial charge in [-0.05, 0) is 57.4 Å². The maximum Gasteiger partial charge on any atom is 0.123 e. The number of benzene rings is 1. The molecule has 0 amide bonds. The number of anilines is 1. The van der Waals surface area contributed by atoms with Crippen molar-refractivity contribution in [3.05, 3.63) is 41.2 Å². The maximum absolute atomic E-state index is 13.7. The van der Waals surface area contributed by atoms with Gasteiger partial charge in [0.25, 0.3) is 0 Å². The van der Waals surface area contributed by atoms with Crippen LogP contribution in [0.5, 0.6) is 0 Å². The molecule has 4 heteroatoms. The number of nitrogens with zero attached hydrogens (tertiary/aromatic N) is 1. The standard InChI is InChI=1S/C18H27FN2O/c1-13(2)6-9-20-14(3)17-12-15(19)4-5-18(17)21-10-7-16(22)8-11-21/h4-6,12,14,16,20,22H,7-11H2,1-3H3. The van der Waals surface area contributed by atoms with Gasteiger partial charge in [-0.15, -0.1) is 0 Å². The van der Waals surface area contributed by atoms with E-state index in [4.69, 9.17) is 0 Å². The minimum Gasteiger partial charge on any atom is -0.393 e. The highest BCUT2D eigenvalue weighted by Gasteiger charge is 2.21. The van der Waals surface area contributed by atoms with Crippen molar-refractivity contribution in [1.82, 2.24) is 5.32 Å². The SMILES string of the molecule is CC(C)=CCNC(C)c1cc(F)ccc1N1CCC(O)CC1. The van der Waals surface area contributed by atoms with Crippen molar-refractivity contribution < 1.29 is 9.50 Å². The van der Waals surface area contributed by atoms with Crippen molar-refractivity contribution in [3.63, 3.8) is 0 Å². The number of hydrogen-bond acceptors (Lipinski definition) is 3. The molecule has 0 spiro atoms. The highest BCUT2D eigenvalue weighted by Crippen LogP contribution is 2.29. The summed E-state index contributed by atoms with van der Waals surface area (Å²) in [7, 11) is 0. The zero-order valence-electron chi connectivity index (χ0n) is 13.8. The van der Waals surface area contributed by atoms with Crippen molar-refractivity contribution in [2.45, 2.75) is 45.8 Å². The molecule has 1 aliphatic heterocycles. The lowest BCUT2D eigenvalue weighted by Gasteiger charge is -2.34. The smallest absolute Gasteiger partial charge is 0.123 e. The van der Waals surface area contributed by atoms with Crippen LogP contribution in [-0.2, 0) is 0 Å². The Hall–Kier alpha value is -1.39. The molecule has 122 valence electrons. The van der Waals surface area contributed by atoms with Crippen molar-refractivity contribution >= 4 is 5.69 Å². The van der Waals surface area contributed by atoms with E-state index in [1.807, 2.05) is 6.07 Å². The third-order valence-corrected chi connectivity index (χ3v) is 4.20. The number of aliphatic hydroxyl groups excluding tert-OH is 1. The number of nitrogens with one attached hydrogen (secondary N) is 1. The van der Waals surface area contributed by atoms with Crippen LogP contribution in [0.25, 0.3) is 0 Å². The molecule has 1 saturated heterocycles. The van der Waals surface area contributed by atoms with Gasteiger partial charge in [-0.3, -0.25) is 0 Å². The minimum absolute atomic E-state index is 0.0770. The van der Waals surface area contributed by atoms with E-state index in [0.717, 1.165) is 43.7 Å². The Labute approximate surface area is 132 Å². The Morgan fingerprint density at radius 1 is 1.41 bits per heavy atom. The molecule has 2 rings (SSSR count). The van der Waals surface area contributed by atoms with E-state index in [2.05, 4.69) is 37.1 Å². The fourth-order valence-electron chi connectivity index (χ4n) is 2.82. The quantitative estimate of drug-likeness (QED) is 0.818. The molecule has 3 nitrogen and oxygen atoms in total. The number of halogens is 1. The second kappa shape index (κ2) is 7.75. The van der Waals surface area contributed by atoms with Crippen LogP contribution >= 0.6 is 0 Å². The van der Waals surface area contributed by atoms with Crippen LogP contribution in [0.1, 0.15) is 45.2 Å². The highest BCUT2D eigenvalue weighted by molar-refractivity contribution is 5.55. The number of rotatable bonds is 5. The molecular weight excluding hydrogens is 279 g/mol. The predicted octanol–water partition coefficient (Wildman–Crippen LogP) is 3.40. The second-order valence-corrected chi connectivity index (χ2v) is 6.33. The summed E-state index contributed by atoms with van der Waals surface area (Å²) < 4.78 is 13.7. The van der Waals surface area contributed by atoms with Crippen LogP contribution < -0.4 is 10.2 Å². The summed E-state index contributed by atoms with van der Waals surface area (Å²) in [6.45, 7) is 8.62. The Morgan fingerprint density at radius 3 is 2.73 bits per heavy atom. The van der Waals surface area contributed by atoms with E-state index in [9.17, 15) is 9.50 Å². The molecule has 2 N–H and O–H groups in total. The van der Waals surface area contributed by atoms with Crippen molar-refractivity contribution in [3.8, 4) is 0 Å². The maximum atomic E-state index is 13.7. The molecule has 1 unspecified atom stereocenters. The van der Waals surface area contributed by atoms with E-state index in [1.165, 1.54) is 11.6 Å². The van der Waals surface area contributed by atoms with Gasteiger partial charge < -0.3 is 15.3 Å². The van der Waals surface area contributed by atoms with Crippen LogP contribution in [0.15, 0.2) is 29.8 Å². The van der Waals surface area contributed by atoms with Crippen molar-refractivity contribution in [2.75, 3.05) is 24.5 Å². The summed E-state index contributed by atoms with van der Waals surface area (Å²) in [5.74, 6) is -0.202. The predicted molar refractivity (Wildman–Crippen MR) is 89.7 cm³/mol. The van der Waals surface area contributed by atoms with Gasteiger partial charge in [0.1, 0.15) is 5.82 Å². The van der Waals surface area contributed by atoms with Crippen LogP contribution in [0.3, 0.4) is 0 Å². The molecule has 0 bridgehead atoms. The van der Waals surface area contributed by atoms with E-state index < -0.39 is 0 Å². The summed E-state index contributed by atoms with van der Waals surface area (Å²) in [6.07, 6.45) is 3.48. The molecule has 22 heavy (non-hydrogen) atoms. The lowest BCUT2D eigenvalue weighted by atomic mass is 10.0. The molecule has 1 fully saturated rings. The van der Waals surface area contributed by atoms with Gasteiger partial charge in [0.15, 0.2) is 0 Å². The van der Waals surface area contributed by atoms with Crippen molar-refractivity contribution in [2.24, 2.45) is 0 Å². The molecule has 0 radical (unpaired) electrons. The highest BCUT2D eigenvalue weighted by atomic mass is 19.1. The largest absolute Gasteiger partial charge is 0.393 e. The fourth-order valence-corrected chi connectivity index (χ4v) is 2.82. The monoisotopic (exact) mass is 306 g/mol. The second-order valence-electron chi connectivity index (χ2n) is 6.33. The molecule has 0 saturated carbocycles. The van der Waals surface area contributed by atoms with Crippen molar-refractivity contribution in [1.29, 1.82) is 0 Å². The summed E-state index contributed by atoms with van der Waals surface area (Å²) in [5.41, 5.74) is 3.33. The number of allylic oxidation sites excluding steroid dienone is 1. The minimum atomic E-state index is -0.202. The lowest BCUT2D eigenvalue weighted by molar-refractivity contribution is 0.145. The van der Waals surface area contributed by atoms with Crippen LogP contribution in [0.2, 0.25) is 0 Å². The van der Waals surface area contributed by atoms with E-state index in [1.54, 1.807) is 6.07 Å². The zero-order chi connectivity index (χ0) is 16.1. The van der Waals surface area contributed by atoms with E-state index >= 15 is 0 Å². The van der Waals surface area contributed by atoms with Gasteiger partial charge in [0.2, 0.25) is 0 Å². The zero-order valence-corrected chi connectivity index (χ0v) is 13.8. The van der Waals surface area contributed by atoms with E-state index in [0.29, 0.717) is 0 Å². The lowest BCUT2D eigenvalue weighted by Crippen LogP contribution is -2.37. The Balaban J connectivity index is 2.14. The van der Waals surface area contributed by atoms with E-state index in [-0.39, 0.29) is 18.0 Å². The number of hydrogen-bond donors (Lipinski definition) is 2. The van der Waals surface area contributed by atoms with Gasteiger partial charge in [-0.25, -0.2) is 4.39 Å². The van der Waals surface area contributed by atoms with Crippen LogP contribution in [-0.4, -0.2) is 30.8 Å². The van der Waals surface area contributed by atoms with Crippen LogP contribution in [0, 0.1) is 5.82 Å². The first kappa shape index (κ1) is 17.0.